The number of sulfone groups is 1. The number of nitrogens with zero attached hydrogens (tertiary/aromatic N) is 1. The number of rotatable bonds is 10. The van der Waals surface area contributed by atoms with Crippen LogP contribution in [-0.2, 0) is 27.5 Å². The van der Waals surface area contributed by atoms with E-state index in [0.717, 1.165) is 47.9 Å². The maximum Gasteiger partial charge on any atom is 0.228 e. The molecule has 0 radical (unpaired) electrons. The molecule has 3 aromatic rings. The number of nitrogens with one attached hydrogen (secondary N) is 1. The average molecular weight is 523 g/mol. The first-order chi connectivity index (χ1) is 17.7. The van der Waals surface area contributed by atoms with Gasteiger partial charge in [0.15, 0.2) is 9.84 Å². The van der Waals surface area contributed by atoms with Gasteiger partial charge in [0.05, 0.1) is 35.4 Å². The standard InChI is InChI=1S/C29H34N2O5S/c1-4-37(33,34)26-12-7-23(8-13-26)19-29(32)30-24-9-5-22(6-10-24)15-16-31-17-18-35-28-14-11-25(20-27(28)31)36-21(2)3/h5-14,20-21H,4,15-19H2,1-3H3,(H,30,32). The Morgan fingerprint density at radius 2 is 1.73 bits per heavy atom. The van der Waals surface area contributed by atoms with Gasteiger partial charge in [-0.1, -0.05) is 31.2 Å². The van der Waals surface area contributed by atoms with E-state index in [1.54, 1.807) is 31.2 Å². The molecule has 3 aromatic carbocycles. The van der Waals surface area contributed by atoms with E-state index in [4.69, 9.17) is 9.47 Å². The summed E-state index contributed by atoms with van der Waals surface area (Å²) in [6.07, 6.45) is 1.14. The summed E-state index contributed by atoms with van der Waals surface area (Å²) >= 11 is 0. The zero-order chi connectivity index (χ0) is 26.4. The maximum atomic E-state index is 12.5. The Kier molecular flexibility index (Phi) is 8.38. The second kappa shape index (κ2) is 11.7. The quantitative estimate of drug-likeness (QED) is 0.408. The van der Waals surface area contributed by atoms with E-state index in [9.17, 15) is 13.2 Å². The highest BCUT2D eigenvalue weighted by Crippen LogP contribution is 2.35. The van der Waals surface area contributed by atoms with Gasteiger partial charge < -0.3 is 19.7 Å². The van der Waals surface area contributed by atoms with Gasteiger partial charge in [0.2, 0.25) is 5.91 Å². The molecule has 0 atom stereocenters. The third-order valence-electron chi connectivity index (χ3n) is 6.20. The van der Waals surface area contributed by atoms with E-state index in [1.165, 1.54) is 5.56 Å². The van der Waals surface area contributed by atoms with Gasteiger partial charge >= 0.3 is 0 Å². The number of carbonyl (C=O) groups is 1. The molecule has 7 nitrogen and oxygen atoms in total. The van der Waals surface area contributed by atoms with Crippen molar-refractivity contribution in [2.24, 2.45) is 0 Å². The lowest BCUT2D eigenvalue weighted by molar-refractivity contribution is -0.115. The third-order valence-corrected chi connectivity index (χ3v) is 7.95. The van der Waals surface area contributed by atoms with Crippen molar-refractivity contribution < 1.29 is 22.7 Å². The highest BCUT2D eigenvalue weighted by Gasteiger charge is 2.19. The smallest absolute Gasteiger partial charge is 0.228 e. The minimum atomic E-state index is -3.24. The number of anilines is 2. The van der Waals surface area contributed by atoms with Crippen LogP contribution in [0.15, 0.2) is 71.6 Å². The van der Waals surface area contributed by atoms with Crippen molar-refractivity contribution >= 4 is 27.1 Å². The molecule has 1 amide bonds. The van der Waals surface area contributed by atoms with Crippen LogP contribution >= 0.6 is 0 Å². The second-order valence-electron chi connectivity index (χ2n) is 9.35. The molecule has 196 valence electrons. The Hall–Kier alpha value is -3.52. The summed E-state index contributed by atoms with van der Waals surface area (Å²) in [7, 11) is -3.24. The van der Waals surface area contributed by atoms with Crippen LogP contribution in [0.3, 0.4) is 0 Å². The molecule has 0 bridgehead atoms. The molecular formula is C29H34N2O5S. The molecule has 0 fully saturated rings. The molecule has 4 rings (SSSR count). The monoisotopic (exact) mass is 522 g/mol. The Labute approximate surface area is 219 Å². The van der Waals surface area contributed by atoms with E-state index < -0.39 is 9.84 Å². The van der Waals surface area contributed by atoms with Gasteiger partial charge in [0.1, 0.15) is 18.1 Å². The third kappa shape index (κ3) is 7.04. The fraction of sp³-hybridized carbons (Fsp3) is 0.345. The van der Waals surface area contributed by atoms with Gasteiger partial charge in [0, 0.05) is 18.3 Å². The predicted molar refractivity (Wildman–Crippen MR) is 147 cm³/mol. The molecule has 37 heavy (non-hydrogen) atoms. The number of carbonyl (C=O) groups excluding carboxylic acids is 1. The molecule has 1 aliphatic rings. The van der Waals surface area contributed by atoms with Crippen molar-refractivity contribution in [3.63, 3.8) is 0 Å². The highest BCUT2D eigenvalue weighted by molar-refractivity contribution is 7.91. The van der Waals surface area contributed by atoms with Gasteiger partial charge in [-0.3, -0.25) is 4.79 Å². The molecule has 1 heterocycles. The van der Waals surface area contributed by atoms with Crippen molar-refractivity contribution in [3.8, 4) is 11.5 Å². The number of benzene rings is 3. The molecular weight excluding hydrogens is 488 g/mol. The second-order valence-corrected chi connectivity index (χ2v) is 11.6. The lowest BCUT2D eigenvalue weighted by atomic mass is 10.1. The molecule has 0 aromatic heterocycles. The molecule has 0 spiro atoms. The van der Waals surface area contributed by atoms with Crippen LogP contribution in [0.4, 0.5) is 11.4 Å². The van der Waals surface area contributed by atoms with E-state index >= 15 is 0 Å². The molecule has 0 aliphatic carbocycles. The number of fused-ring (bicyclic) bond motifs is 1. The molecule has 0 saturated heterocycles. The van der Waals surface area contributed by atoms with Crippen molar-refractivity contribution in [1.82, 2.24) is 0 Å². The molecule has 8 heteroatoms. The van der Waals surface area contributed by atoms with Crippen LogP contribution in [0.25, 0.3) is 0 Å². The summed E-state index contributed by atoms with van der Waals surface area (Å²) in [4.78, 5) is 15.1. The lowest BCUT2D eigenvalue weighted by Gasteiger charge is -2.31. The van der Waals surface area contributed by atoms with Crippen LogP contribution in [0.5, 0.6) is 11.5 Å². The van der Waals surface area contributed by atoms with Crippen molar-refractivity contribution in [1.29, 1.82) is 0 Å². The summed E-state index contributed by atoms with van der Waals surface area (Å²) in [5.74, 6) is 1.62. The fourth-order valence-corrected chi connectivity index (χ4v) is 5.11. The minimum Gasteiger partial charge on any atom is -0.491 e. The zero-order valence-electron chi connectivity index (χ0n) is 21.6. The SMILES string of the molecule is CCS(=O)(=O)c1ccc(CC(=O)Nc2ccc(CCN3CCOc4ccc(OC(C)C)cc43)cc2)cc1. The Bertz CT molecular complexity index is 1320. The first kappa shape index (κ1) is 26.5. The summed E-state index contributed by atoms with van der Waals surface area (Å²) in [6.45, 7) is 7.95. The van der Waals surface area contributed by atoms with Crippen LogP contribution < -0.4 is 19.7 Å². The Morgan fingerprint density at radius 3 is 2.41 bits per heavy atom. The molecule has 0 saturated carbocycles. The van der Waals surface area contributed by atoms with E-state index in [2.05, 4.69) is 10.2 Å². The minimum absolute atomic E-state index is 0.0523. The van der Waals surface area contributed by atoms with Crippen molar-refractivity contribution in [2.45, 2.75) is 44.6 Å². The first-order valence-corrected chi connectivity index (χ1v) is 14.3. The van der Waals surface area contributed by atoms with Gasteiger partial charge in [0.25, 0.3) is 0 Å². The summed E-state index contributed by atoms with van der Waals surface area (Å²) in [6, 6.07) is 20.3. The van der Waals surface area contributed by atoms with Crippen LogP contribution in [0.1, 0.15) is 31.9 Å². The summed E-state index contributed by atoms with van der Waals surface area (Å²) in [5, 5.41) is 2.92. The lowest BCUT2D eigenvalue weighted by Crippen LogP contribution is -2.34. The van der Waals surface area contributed by atoms with Crippen LogP contribution in [0.2, 0.25) is 0 Å². The number of hydrogen-bond acceptors (Lipinski definition) is 6. The van der Waals surface area contributed by atoms with Crippen LogP contribution in [0, 0.1) is 0 Å². The van der Waals surface area contributed by atoms with Gasteiger partial charge in [-0.15, -0.1) is 0 Å². The highest BCUT2D eigenvalue weighted by atomic mass is 32.2. The van der Waals surface area contributed by atoms with Gasteiger partial charge in [-0.25, -0.2) is 8.42 Å². The zero-order valence-corrected chi connectivity index (χ0v) is 22.4. The molecule has 1 N–H and O–H groups in total. The summed E-state index contributed by atoms with van der Waals surface area (Å²) < 4.78 is 35.6. The maximum absolute atomic E-state index is 12.5. The topological polar surface area (TPSA) is 84.9 Å². The van der Waals surface area contributed by atoms with E-state index in [-0.39, 0.29) is 29.1 Å². The Morgan fingerprint density at radius 1 is 1.03 bits per heavy atom. The van der Waals surface area contributed by atoms with Crippen molar-refractivity contribution in [2.75, 3.05) is 35.7 Å². The van der Waals surface area contributed by atoms with Crippen molar-refractivity contribution in [3.05, 3.63) is 77.9 Å². The van der Waals surface area contributed by atoms with Gasteiger partial charge in [-0.05, 0) is 67.8 Å². The van der Waals surface area contributed by atoms with E-state index in [1.807, 2.05) is 56.3 Å². The average Bonchev–Trinajstić information content (AvgIpc) is 2.88. The fourth-order valence-electron chi connectivity index (χ4n) is 4.22. The number of hydrogen-bond donors (Lipinski definition) is 1. The first-order valence-electron chi connectivity index (χ1n) is 12.6. The molecule has 1 aliphatic heterocycles. The summed E-state index contributed by atoms with van der Waals surface area (Å²) in [5.41, 5.74) is 3.71. The Balaban J connectivity index is 1.31. The number of amides is 1. The van der Waals surface area contributed by atoms with Gasteiger partial charge in [-0.2, -0.15) is 0 Å². The van der Waals surface area contributed by atoms with Crippen LogP contribution in [-0.4, -0.2) is 45.9 Å². The largest absolute Gasteiger partial charge is 0.491 e. The number of ether oxygens (including phenoxy) is 2. The van der Waals surface area contributed by atoms with E-state index in [0.29, 0.717) is 6.61 Å². The normalized spacial score (nSPS) is 13.1. The predicted octanol–water partition coefficient (Wildman–Crippen LogP) is 4.89. The molecule has 0 unspecified atom stereocenters.